The smallest absolute Gasteiger partial charge is 0.126 e. The number of aryl methyl sites for hydroxylation is 1. The summed E-state index contributed by atoms with van der Waals surface area (Å²) in [5.41, 5.74) is 17.3. The molecule has 1 aliphatic rings. The summed E-state index contributed by atoms with van der Waals surface area (Å²) in [6.07, 6.45) is 4.15. The van der Waals surface area contributed by atoms with E-state index in [-0.39, 0.29) is 5.54 Å². The van der Waals surface area contributed by atoms with Crippen LogP contribution >= 0.6 is 0 Å². The predicted molar refractivity (Wildman–Crippen MR) is 231 cm³/mol. The summed E-state index contributed by atoms with van der Waals surface area (Å²) in [5.74, 6) is 2.12. The van der Waals surface area contributed by atoms with Gasteiger partial charge in [-0.05, 0) is 104 Å². The fourth-order valence-corrected chi connectivity index (χ4v) is 12.2. The number of fused-ring (bicyclic) bond motifs is 3. The summed E-state index contributed by atoms with van der Waals surface area (Å²) in [7, 11) is -2.40. The second-order valence-corrected chi connectivity index (χ2v) is 20.3. The fourth-order valence-electron chi connectivity index (χ4n) is 8.41. The molecule has 1 nitrogen and oxygen atoms in total. The SMILES string of the molecule is C=CCOc1c(-c2ccccc2)cc(C)cc1[Si](C)(C)C1c2cc(-c3ccc(C(C)CC)cc3)ccc2-c2ccc(-c3ccc(C(C)CC)cc3)cc21. The standard InChI is InChI=1S/C51H54OSi/c1-9-29-52-50-46(41-15-13-12-14-16-41)30-34(4)31-49(50)53(7,8)51-47-32-42(39-21-17-37(18-22-39)35(5)10-2)25-27-44(47)45-28-26-43(33-48(45)51)40-23-19-38(20-24-40)36(6)11-3/h9,12-28,30-33,35-36,51H,1,10-11,29H2,2-8H3. The summed E-state index contributed by atoms with van der Waals surface area (Å²) >= 11 is 0. The van der Waals surface area contributed by atoms with E-state index in [1.807, 2.05) is 6.08 Å². The summed E-state index contributed by atoms with van der Waals surface area (Å²) in [6, 6.07) is 48.4. The summed E-state index contributed by atoms with van der Waals surface area (Å²) in [6.45, 7) is 21.0. The molecule has 0 spiro atoms. The van der Waals surface area contributed by atoms with Crippen LogP contribution < -0.4 is 9.92 Å². The average molecular weight is 711 g/mol. The molecule has 0 saturated heterocycles. The van der Waals surface area contributed by atoms with Crippen LogP contribution in [0, 0.1) is 6.92 Å². The Balaban J connectivity index is 1.42. The van der Waals surface area contributed by atoms with Crippen molar-refractivity contribution in [1.29, 1.82) is 0 Å². The van der Waals surface area contributed by atoms with Crippen LogP contribution in [0.1, 0.15) is 85.7 Å². The fraction of sp³-hybridized carbons (Fsp3) is 0.255. The molecule has 268 valence electrons. The van der Waals surface area contributed by atoms with Gasteiger partial charge in [-0.3, -0.25) is 0 Å². The van der Waals surface area contributed by atoms with Crippen LogP contribution in [0.25, 0.3) is 44.5 Å². The lowest BCUT2D eigenvalue weighted by Gasteiger charge is -2.34. The first-order valence-electron chi connectivity index (χ1n) is 19.6. The Bertz CT molecular complexity index is 2120. The zero-order valence-electron chi connectivity index (χ0n) is 32.7. The van der Waals surface area contributed by atoms with Gasteiger partial charge < -0.3 is 4.74 Å². The molecule has 0 fully saturated rings. The molecule has 0 saturated carbocycles. The number of ether oxygens (including phenoxy) is 1. The molecular weight excluding hydrogens is 657 g/mol. The average Bonchev–Trinajstić information content (AvgIpc) is 3.53. The van der Waals surface area contributed by atoms with Crippen LogP contribution in [-0.4, -0.2) is 14.7 Å². The molecule has 2 unspecified atom stereocenters. The van der Waals surface area contributed by atoms with E-state index in [2.05, 4.69) is 182 Å². The van der Waals surface area contributed by atoms with Gasteiger partial charge in [-0.1, -0.05) is 180 Å². The van der Waals surface area contributed by atoms with Crippen molar-refractivity contribution in [2.45, 2.75) is 77.9 Å². The third kappa shape index (κ3) is 6.98. The maximum absolute atomic E-state index is 6.73. The molecule has 2 atom stereocenters. The van der Waals surface area contributed by atoms with Gasteiger partial charge in [0, 0.05) is 11.1 Å². The Kier molecular flexibility index (Phi) is 10.5. The third-order valence-electron chi connectivity index (χ3n) is 11.9. The van der Waals surface area contributed by atoms with Gasteiger partial charge in [-0.2, -0.15) is 0 Å². The first-order valence-corrected chi connectivity index (χ1v) is 22.6. The van der Waals surface area contributed by atoms with Crippen LogP contribution in [0.5, 0.6) is 5.75 Å². The van der Waals surface area contributed by atoms with Crippen LogP contribution in [0.3, 0.4) is 0 Å². The molecule has 53 heavy (non-hydrogen) atoms. The highest BCUT2D eigenvalue weighted by molar-refractivity contribution is 6.92. The molecule has 0 N–H and O–H groups in total. The van der Waals surface area contributed by atoms with Crippen molar-refractivity contribution in [1.82, 2.24) is 0 Å². The molecule has 6 aromatic carbocycles. The first-order chi connectivity index (χ1) is 25.6. The van der Waals surface area contributed by atoms with Crippen molar-refractivity contribution >= 4 is 13.3 Å². The molecule has 0 amide bonds. The first kappa shape index (κ1) is 36.4. The lowest BCUT2D eigenvalue weighted by Crippen LogP contribution is -2.48. The van der Waals surface area contributed by atoms with E-state index in [4.69, 9.17) is 4.74 Å². The van der Waals surface area contributed by atoms with Crippen LogP contribution in [0.2, 0.25) is 13.1 Å². The molecule has 1 aliphatic carbocycles. The zero-order valence-corrected chi connectivity index (χ0v) is 33.7. The van der Waals surface area contributed by atoms with Crippen molar-refractivity contribution in [3.05, 3.63) is 168 Å². The second kappa shape index (κ2) is 15.2. The molecule has 0 heterocycles. The highest BCUT2D eigenvalue weighted by Gasteiger charge is 2.44. The lowest BCUT2D eigenvalue weighted by molar-refractivity contribution is 0.367. The maximum Gasteiger partial charge on any atom is 0.126 e. The number of hydrogen-bond acceptors (Lipinski definition) is 1. The number of rotatable bonds is 12. The maximum atomic E-state index is 6.73. The molecule has 7 rings (SSSR count). The van der Waals surface area contributed by atoms with E-state index in [9.17, 15) is 0 Å². The van der Waals surface area contributed by atoms with E-state index in [1.54, 1.807) is 0 Å². The van der Waals surface area contributed by atoms with E-state index in [0.717, 1.165) is 24.2 Å². The Morgan fingerprint density at radius 1 is 0.604 bits per heavy atom. The molecule has 0 radical (unpaired) electrons. The molecular formula is C51H54OSi. The minimum Gasteiger partial charge on any atom is -0.489 e. The van der Waals surface area contributed by atoms with Crippen molar-refractivity contribution in [3.8, 4) is 50.3 Å². The van der Waals surface area contributed by atoms with Gasteiger partial charge in [0.2, 0.25) is 0 Å². The summed E-state index contributed by atoms with van der Waals surface area (Å²) in [5, 5.41) is 1.36. The Hall–Kier alpha value is -4.92. The minimum atomic E-state index is -2.40. The Morgan fingerprint density at radius 3 is 1.57 bits per heavy atom. The third-order valence-corrected chi connectivity index (χ3v) is 15.8. The molecule has 0 bridgehead atoms. The van der Waals surface area contributed by atoms with Gasteiger partial charge in [0.1, 0.15) is 12.4 Å². The molecule has 0 aliphatic heterocycles. The van der Waals surface area contributed by atoms with E-state index < -0.39 is 8.07 Å². The van der Waals surface area contributed by atoms with Gasteiger partial charge in [0.05, 0.1) is 8.07 Å². The molecule has 6 aromatic rings. The lowest BCUT2D eigenvalue weighted by atomic mass is 9.94. The van der Waals surface area contributed by atoms with Gasteiger partial charge in [-0.25, -0.2) is 0 Å². The van der Waals surface area contributed by atoms with Crippen molar-refractivity contribution < 1.29 is 4.74 Å². The Morgan fingerprint density at radius 2 is 1.09 bits per heavy atom. The van der Waals surface area contributed by atoms with Crippen molar-refractivity contribution in [3.63, 3.8) is 0 Å². The highest BCUT2D eigenvalue weighted by Crippen LogP contribution is 2.52. The van der Waals surface area contributed by atoms with Gasteiger partial charge in [0.15, 0.2) is 0 Å². The molecule has 2 heteroatoms. The topological polar surface area (TPSA) is 9.23 Å². The highest BCUT2D eigenvalue weighted by atomic mass is 28.3. The Labute approximate surface area is 319 Å². The van der Waals surface area contributed by atoms with Crippen LogP contribution in [0.15, 0.2) is 140 Å². The second-order valence-electron chi connectivity index (χ2n) is 15.8. The van der Waals surface area contributed by atoms with Crippen molar-refractivity contribution in [2.24, 2.45) is 0 Å². The normalized spacial score (nSPS) is 14.7. The van der Waals surface area contributed by atoms with Crippen LogP contribution in [0.4, 0.5) is 0 Å². The number of benzene rings is 6. The monoisotopic (exact) mass is 710 g/mol. The van der Waals surface area contributed by atoms with E-state index in [0.29, 0.717) is 18.4 Å². The van der Waals surface area contributed by atoms with E-state index >= 15 is 0 Å². The van der Waals surface area contributed by atoms with Gasteiger partial charge >= 0.3 is 0 Å². The van der Waals surface area contributed by atoms with Crippen molar-refractivity contribution in [2.75, 3.05) is 6.61 Å². The van der Waals surface area contributed by atoms with Gasteiger partial charge in [-0.15, -0.1) is 0 Å². The summed E-state index contributed by atoms with van der Waals surface area (Å²) in [4.78, 5) is 0. The molecule has 0 aromatic heterocycles. The summed E-state index contributed by atoms with van der Waals surface area (Å²) < 4.78 is 6.73. The largest absolute Gasteiger partial charge is 0.489 e. The zero-order chi connectivity index (χ0) is 37.3. The quantitative estimate of drug-likeness (QED) is 0.0907. The van der Waals surface area contributed by atoms with Crippen LogP contribution in [-0.2, 0) is 0 Å². The predicted octanol–water partition coefficient (Wildman–Crippen LogP) is 13.9. The number of hydrogen-bond donors (Lipinski definition) is 0. The van der Waals surface area contributed by atoms with Gasteiger partial charge in [0.25, 0.3) is 0 Å². The van der Waals surface area contributed by atoms with E-state index in [1.165, 1.54) is 71.9 Å². The minimum absolute atomic E-state index is 0.225.